The van der Waals surface area contributed by atoms with Crippen molar-refractivity contribution in [2.75, 3.05) is 14.1 Å². The molecule has 1 unspecified atom stereocenters. The first-order chi connectivity index (χ1) is 9.38. The molecule has 2 aromatic rings. The van der Waals surface area contributed by atoms with Crippen molar-refractivity contribution < 1.29 is 4.79 Å². The van der Waals surface area contributed by atoms with Crippen LogP contribution >= 0.6 is 12.2 Å². The second kappa shape index (κ2) is 5.40. The molecule has 110 valence electrons. The summed E-state index contributed by atoms with van der Waals surface area (Å²) >= 11 is 5.39. The van der Waals surface area contributed by atoms with Crippen LogP contribution in [0, 0.1) is 4.77 Å². The summed E-state index contributed by atoms with van der Waals surface area (Å²) in [5.41, 5.74) is 2.82. The number of nitrogens with one attached hydrogen (secondary N) is 1. The monoisotopic (exact) mass is 295 g/mol. The molecule has 0 radical (unpaired) electrons. The van der Waals surface area contributed by atoms with Crippen molar-refractivity contribution >= 4 is 29.3 Å². The van der Waals surface area contributed by atoms with E-state index in [1.165, 1.54) is 0 Å². The maximum atomic E-state index is 12.2. The lowest BCUT2D eigenvalue weighted by Gasteiger charge is -2.18. The van der Waals surface area contributed by atoms with E-state index in [1.807, 2.05) is 18.5 Å². The average Bonchev–Trinajstić information content (AvgIpc) is 2.86. The van der Waals surface area contributed by atoms with Crippen LogP contribution < -0.4 is 0 Å². The van der Waals surface area contributed by atoms with E-state index >= 15 is 0 Å². The molecule has 0 aliphatic rings. The summed E-state index contributed by atoms with van der Waals surface area (Å²) in [6, 6.07) is -0.351. The first-order valence-electron chi connectivity index (χ1n) is 6.75. The molecule has 7 heteroatoms. The fourth-order valence-corrected chi connectivity index (χ4v) is 2.84. The number of aryl methyl sites for hydroxylation is 2. The molecule has 0 saturated carbocycles. The van der Waals surface area contributed by atoms with Gasteiger partial charge in [0.15, 0.2) is 10.4 Å². The summed E-state index contributed by atoms with van der Waals surface area (Å²) < 4.78 is 4.21. The summed E-state index contributed by atoms with van der Waals surface area (Å²) in [5.74, 6) is 0.0141. The summed E-state index contributed by atoms with van der Waals surface area (Å²) in [5, 5.41) is 4.52. The molecule has 2 heterocycles. The number of fused-ring (bicyclic) bond motifs is 1. The van der Waals surface area contributed by atoms with Crippen LogP contribution in [0.2, 0.25) is 0 Å². The molecule has 2 aromatic heterocycles. The highest BCUT2D eigenvalue weighted by Gasteiger charge is 2.23. The first kappa shape index (κ1) is 14.8. The summed E-state index contributed by atoms with van der Waals surface area (Å²) in [7, 11) is 5.38. The minimum Gasteiger partial charge on any atom is -0.347 e. The highest BCUT2D eigenvalue weighted by molar-refractivity contribution is 7.71. The van der Waals surface area contributed by atoms with Crippen molar-refractivity contribution in [1.29, 1.82) is 0 Å². The summed E-state index contributed by atoms with van der Waals surface area (Å²) in [4.78, 5) is 17.0. The zero-order valence-electron chi connectivity index (χ0n) is 12.6. The van der Waals surface area contributed by atoms with E-state index in [-0.39, 0.29) is 11.9 Å². The van der Waals surface area contributed by atoms with E-state index in [0.29, 0.717) is 4.77 Å². The smallest absolute Gasteiger partial charge is 0.244 e. The second-order valence-electron chi connectivity index (χ2n) is 5.23. The van der Waals surface area contributed by atoms with Crippen molar-refractivity contribution in [1.82, 2.24) is 24.2 Å². The SMILES string of the molecule is CCCc1nn(C)c2c1[nH]c(=S)n2C(C)C(=O)N(C)C. The lowest BCUT2D eigenvalue weighted by Crippen LogP contribution is -2.30. The molecule has 20 heavy (non-hydrogen) atoms. The van der Waals surface area contributed by atoms with Crippen molar-refractivity contribution in [3.8, 4) is 0 Å². The van der Waals surface area contributed by atoms with E-state index in [1.54, 1.807) is 23.7 Å². The van der Waals surface area contributed by atoms with E-state index in [0.717, 1.165) is 29.7 Å². The Hall–Kier alpha value is -1.63. The number of hydrogen-bond donors (Lipinski definition) is 1. The molecule has 1 atom stereocenters. The number of carbonyl (C=O) groups excluding carboxylic acids is 1. The minimum absolute atomic E-state index is 0.0141. The molecule has 0 spiro atoms. The van der Waals surface area contributed by atoms with Crippen LogP contribution in [0.5, 0.6) is 0 Å². The molecule has 2 rings (SSSR count). The number of amides is 1. The van der Waals surface area contributed by atoms with Gasteiger partial charge in [0, 0.05) is 21.1 Å². The predicted octanol–water partition coefficient (Wildman–Crippen LogP) is 2.03. The van der Waals surface area contributed by atoms with E-state index in [2.05, 4.69) is 17.0 Å². The lowest BCUT2D eigenvalue weighted by atomic mass is 10.2. The predicted molar refractivity (Wildman–Crippen MR) is 81.3 cm³/mol. The van der Waals surface area contributed by atoms with Crippen LogP contribution in [0.3, 0.4) is 0 Å². The standard InChI is InChI=1S/C13H21N5OS/c1-6-7-9-10-11(17(5)15-9)18(13(20)14-10)8(2)12(19)16(3)4/h8H,6-7H2,1-5H3,(H,14,20). The van der Waals surface area contributed by atoms with Crippen molar-refractivity contribution in [2.45, 2.75) is 32.7 Å². The molecule has 0 fully saturated rings. The Labute approximate surface area is 123 Å². The van der Waals surface area contributed by atoms with Gasteiger partial charge in [-0.25, -0.2) is 0 Å². The van der Waals surface area contributed by atoms with Gasteiger partial charge in [0.1, 0.15) is 11.6 Å². The van der Waals surface area contributed by atoms with Gasteiger partial charge in [-0.05, 0) is 25.6 Å². The molecule has 1 amide bonds. The minimum atomic E-state index is -0.351. The van der Waals surface area contributed by atoms with Crippen LogP contribution in [0.15, 0.2) is 0 Å². The van der Waals surface area contributed by atoms with Gasteiger partial charge in [-0.1, -0.05) is 13.3 Å². The van der Waals surface area contributed by atoms with Crippen LogP contribution in [-0.2, 0) is 18.3 Å². The molecule has 0 saturated heterocycles. The zero-order chi connectivity index (χ0) is 15.0. The normalized spacial score (nSPS) is 12.8. The van der Waals surface area contributed by atoms with E-state index in [9.17, 15) is 4.79 Å². The third-order valence-electron chi connectivity index (χ3n) is 3.44. The number of nitrogens with zero attached hydrogens (tertiary/aromatic N) is 4. The van der Waals surface area contributed by atoms with Crippen LogP contribution in [-0.4, -0.2) is 44.2 Å². The molecule has 0 aromatic carbocycles. The lowest BCUT2D eigenvalue weighted by molar-refractivity contribution is -0.131. The van der Waals surface area contributed by atoms with Gasteiger partial charge in [-0.15, -0.1) is 0 Å². The van der Waals surface area contributed by atoms with Crippen molar-refractivity contribution in [3.05, 3.63) is 10.5 Å². The molecular weight excluding hydrogens is 274 g/mol. The Balaban J connectivity index is 2.62. The van der Waals surface area contributed by atoms with Crippen LogP contribution in [0.1, 0.15) is 32.0 Å². The Kier molecular flexibility index (Phi) is 3.99. The highest BCUT2D eigenvalue weighted by Crippen LogP contribution is 2.23. The number of H-pyrrole nitrogens is 1. The Bertz CT molecular complexity index is 693. The number of likely N-dealkylation sites (N-methyl/N-ethyl adjacent to an activating group) is 1. The molecular formula is C13H21N5OS. The number of rotatable bonds is 4. The topological polar surface area (TPSA) is 58.9 Å². The maximum absolute atomic E-state index is 12.2. The van der Waals surface area contributed by atoms with E-state index < -0.39 is 0 Å². The number of imidazole rings is 1. The Morgan fingerprint density at radius 3 is 2.70 bits per heavy atom. The fourth-order valence-electron chi connectivity index (χ4n) is 2.49. The summed E-state index contributed by atoms with van der Waals surface area (Å²) in [6.45, 7) is 3.97. The molecule has 6 nitrogen and oxygen atoms in total. The highest BCUT2D eigenvalue weighted by atomic mass is 32.1. The largest absolute Gasteiger partial charge is 0.347 e. The Morgan fingerprint density at radius 2 is 2.15 bits per heavy atom. The zero-order valence-corrected chi connectivity index (χ0v) is 13.4. The van der Waals surface area contributed by atoms with Crippen LogP contribution in [0.4, 0.5) is 0 Å². The van der Waals surface area contributed by atoms with Gasteiger partial charge in [-0.3, -0.25) is 14.0 Å². The Morgan fingerprint density at radius 1 is 1.50 bits per heavy atom. The quantitative estimate of drug-likeness (QED) is 0.878. The van der Waals surface area contributed by atoms with Gasteiger partial charge in [0.25, 0.3) is 0 Å². The van der Waals surface area contributed by atoms with Crippen molar-refractivity contribution in [2.24, 2.45) is 7.05 Å². The first-order valence-corrected chi connectivity index (χ1v) is 7.16. The van der Waals surface area contributed by atoms with Gasteiger partial charge in [-0.2, -0.15) is 5.10 Å². The average molecular weight is 295 g/mol. The van der Waals surface area contributed by atoms with Gasteiger partial charge >= 0.3 is 0 Å². The second-order valence-corrected chi connectivity index (χ2v) is 5.61. The number of aromatic amines is 1. The molecule has 0 aliphatic heterocycles. The van der Waals surface area contributed by atoms with Crippen molar-refractivity contribution in [3.63, 3.8) is 0 Å². The molecule has 0 bridgehead atoms. The number of carbonyl (C=O) groups is 1. The maximum Gasteiger partial charge on any atom is 0.244 e. The van der Waals surface area contributed by atoms with E-state index in [4.69, 9.17) is 12.2 Å². The van der Waals surface area contributed by atoms with Crippen LogP contribution in [0.25, 0.3) is 11.2 Å². The third kappa shape index (κ3) is 2.26. The van der Waals surface area contributed by atoms with Gasteiger partial charge in [0.05, 0.1) is 5.69 Å². The summed E-state index contributed by atoms with van der Waals surface area (Å²) in [6.07, 6.45) is 1.91. The van der Waals surface area contributed by atoms with Gasteiger partial charge in [0.2, 0.25) is 5.91 Å². The molecule has 0 aliphatic carbocycles. The third-order valence-corrected chi connectivity index (χ3v) is 3.74. The van der Waals surface area contributed by atoms with Gasteiger partial charge < -0.3 is 9.88 Å². The number of aromatic nitrogens is 4. The number of hydrogen-bond acceptors (Lipinski definition) is 3. The fraction of sp³-hybridized carbons (Fsp3) is 0.615. The molecule has 1 N–H and O–H groups in total.